The Hall–Kier alpha value is -0.0800. The minimum absolute atomic E-state index is 0.208. The molecule has 1 aliphatic carbocycles. The average Bonchev–Trinajstić information content (AvgIpc) is 2.84. The molecule has 0 nitrogen and oxygen atoms in total. The fraction of sp³-hybridized carbons (Fsp3) is 0.571. The van der Waals surface area contributed by atoms with Gasteiger partial charge in [0.15, 0.2) is 0 Å². The summed E-state index contributed by atoms with van der Waals surface area (Å²) in [4.78, 5) is 0.573. The van der Waals surface area contributed by atoms with Crippen molar-refractivity contribution in [2.75, 3.05) is 0 Å². The normalized spacial score (nSPS) is 18.5. The van der Waals surface area contributed by atoms with Crippen LogP contribution in [0.4, 0.5) is 4.39 Å². The van der Waals surface area contributed by atoms with Crippen LogP contribution in [0.3, 0.4) is 0 Å². The van der Waals surface area contributed by atoms with E-state index in [-0.39, 0.29) is 10.8 Å². The predicted molar refractivity (Wildman–Crippen MR) is 74.4 cm³/mol. The zero-order valence-corrected chi connectivity index (χ0v) is 12.1. The van der Waals surface area contributed by atoms with E-state index in [2.05, 4.69) is 15.9 Å². The van der Waals surface area contributed by atoms with E-state index in [1.807, 2.05) is 6.07 Å². The summed E-state index contributed by atoms with van der Waals surface area (Å²) in [5, 5.41) is 0.208. The molecule has 3 heteroatoms. The molecule has 1 fully saturated rings. The van der Waals surface area contributed by atoms with Crippen LogP contribution in [0.5, 0.6) is 0 Å². The summed E-state index contributed by atoms with van der Waals surface area (Å²) in [7, 11) is 0. The van der Waals surface area contributed by atoms with E-state index >= 15 is 0 Å². The smallest absolute Gasteiger partial charge is 0.142 e. The van der Waals surface area contributed by atoms with Gasteiger partial charge in [0.05, 0.1) is 5.02 Å². The molecule has 0 aromatic heterocycles. The lowest BCUT2D eigenvalue weighted by molar-refractivity contribution is 0.505. The first-order valence-corrected chi connectivity index (χ1v) is 7.54. The number of alkyl halides is 1. The molecular weight excluding hydrogens is 303 g/mol. The Morgan fingerprint density at radius 3 is 2.71 bits per heavy atom. The number of aryl methyl sites for hydroxylation is 1. The molecule has 0 bridgehead atoms. The summed E-state index contributed by atoms with van der Waals surface area (Å²) >= 11 is 9.44. The van der Waals surface area contributed by atoms with Gasteiger partial charge in [-0.2, -0.15) is 0 Å². The monoisotopic (exact) mass is 318 g/mol. The molecule has 1 aromatic carbocycles. The largest absolute Gasteiger partial charge is 0.205 e. The van der Waals surface area contributed by atoms with Gasteiger partial charge < -0.3 is 0 Å². The number of hydrogen-bond donors (Lipinski definition) is 0. The molecule has 0 amide bonds. The summed E-state index contributed by atoms with van der Waals surface area (Å²) in [6.07, 6.45) is 7.40. The molecule has 1 aliphatic rings. The minimum Gasteiger partial charge on any atom is -0.205 e. The van der Waals surface area contributed by atoms with E-state index in [4.69, 9.17) is 11.6 Å². The summed E-state index contributed by atoms with van der Waals surface area (Å²) in [6, 6.07) is 5.11. The number of rotatable bonds is 4. The number of hydrogen-bond acceptors (Lipinski definition) is 0. The van der Waals surface area contributed by atoms with Crippen LogP contribution in [0.25, 0.3) is 0 Å². The average molecular weight is 320 g/mol. The Kier molecular flexibility index (Phi) is 4.87. The highest BCUT2D eigenvalue weighted by atomic mass is 79.9. The molecule has 0 radical (unpaired) electrons. The number of halogens is 3. The maximum Gasteiger partial charge on any atom is 0.142 e. The lowest BCUT2D eigenvalue weighted by Crippen LogP contribution is -2.11. The van der Waals surface area contributed by atoms with Crippen LogP contribution >= 0.6 is 27.5 Å². The van der Waals surface area contributed by atoms with Gasteiger partial charge in [-0.25, -0.2) is 4.39 Å². The Morgan fingerprint density at radius 2 is 2.06 bits per heavy atom. The molecule has 0 heterocycles. The summed E-state index contributed by atoms with van der Waals surface area (Å²) in [6.45, 7) is 0. The molecule has 0 N–H and O–H groups in total. The summed E-state index contributed by atoms with van der Waals surface area (Å²) in [5.74, 6) is 0.503. The van der Waals surface area contributed by atoms with Gasteiger partial charge in [-0.05, 0) is 49.3 Å². The fourth-order valence-corrected chi connectivity index (χ4v) is 3.43. The molecule has 1 aromatic rings. The lowest BCUT2D eigenvalue weighted by atomic mass is 9.98. The molecule has 0 spiro atoms. The van der Waals surface area contributed by atoms with Crippen molar-refractivity contribution in [2.24, 2.45) is 5.92 Å². The highest BCUT2D eigenvalue weighted by Gasteiger charge is 2.22. The highest BCUT2D eigenvalue weighted by molar-refractivity contribution is 9.09. The standard InChI is InChI=1S/C14H17BrClF/c15-12(11-3-1-2-4-11)7-5-10-6-8-13(16)14(17)9-10/h6,8-9,11-12H,1-5,7H2. The van der Waals surface area contributed by atoms with E-state index in [0.717, 1.165) is 24.3 Å². The van der Waals surface area contributed by atoms with Crippen LogP contribution in [-0.2, 0) is 6.42 Å². The van der Waals surface area contributed by atoms with E-state index in [1.54, 1.807) is 12.1 Å². The highest BCUT2D eigenvalue weighted by Crippen LogP contribution is 2.33. The predicted octanol–water partition coefficient (Wildman–Crippen LogP) is 5.37. The molecule has 2 rings (SSSR count). The van der Waals surface area contributed by atoms with Crippen molar-refractivity contribution in [3.8, 4) is 0 Å². The maximum atomic E-state index is 13.3. The maximum absolute atomic E-state index is 13.3. The van der Waals surface area contributed by atoms with Crippen molar-refractivity contribution in [2.45, 2.75) is 43.4 Å². The molecule has 0 saturated heterocycles. The van der Waals surface area contributed by atoms with Crippen molar-refractivity contribution < 1.29 is 4.39 Å². The van der Waals surface area contributed by atoms with Crippen molar-refractivity contribution in [3.05, 3.63) is 34.6 Å². The van der Waals surface area contributed by atoms with Crippen molar-refractivity contribution >= 4 is 27.5 Å². The zero-order valence-electron chi connectivity index (χ0n) is 9.76. The first kappa shape index (κ1) is 13.4. The second kappa shape index (κ2) is 6.19. The number of benzene rings is 1. The van der Waals surface area contributed by atoms with Gasteiger partial charge in [0, 0.05) is 4.83 Å². The molecule has 94 valence electrons. The van der Waals surface area contributed by atoms with Gasteiger partial charge in [-0.15, -0.1) is 0 Å². The van der Waals surface area contributed by atoms with Crippen molar-refractivity contribution in [3.63, 3.8) is 0 Å². The minimum atomic E-state index is -0.309. The van der Waals surface area contributed by atoms with Crippen LogP contribution in [0.15, 0.2) is 18.2 Å². The van der Waals surface area contributed by atoms with Crippen molar-refractivity contribution in [1.82, 2.24) is 0 Å². The van der Waals surface area contributed by atoms with Gasteiger partial charge >= 0.3 is 0 Å². The van der Waals surface area contributed by atoms with Crippen LogP contribution in [0, 0.1) is 11.7 Å². The van der Waals surface area contributed by atoms with E-state index in [9.17, 15) is 4.39 Å². The van der Waals surface area contributed by atoms with Gasteiger partial charge in [0.1, 0.15) is 5.82 Å². The van der Waals surface area contributed by atoms with Crippen molar-refractivity contribution in [1.29, 1.82) is 0 Å². The second-order valence-corrected chi connectivity index (χ2v) is 6.43. The Labute approximate surface area is 116 Å². The Balaban J connectivity index is 1.86. The summed E-state index contributed by atoms with van der Waals surface area (Å²) < 4.78 is 13.3. The van der Waals surface area contributed by atoms with E-state index < -0.39 is 0 Å². The molecule has 0 aliphatic heterocycles. The van der Waals surface area contributed by atoms with Gasteiger partial charge in [-0.1, -0.05) is 46.4 Å². The third kappa shape index (κ3) is 3.69. The molecule has 17 heavy (non-hydrogen) atoms. The van der Waals surface area contributed by atoms with Gasteiger partial charge in [0.25, 0.3) is 0 Å². The first-order chi connectivity index (χ1) is 8.16. The zero-order chi connectivity index (χ0) is 12.3. The Bertz CT molecular complexity index is 374. The quantitative estimate of drug-likeness (QED) is 0.655. The van der Waals surface area contributed by atoms with E-state index in [1.165, 1.54) is 25.7 Å². The van der Waals surface area contributed by atoms with Crippen LogP contribution in [0.1, 0.15) is 37.7 Å². The lowest BCUT2D eigenvalue weighted by Gasteiger charge is -2.16. The first-order valence-electron chi connectivity index (χ1n) is 6.25. The SMILES string of the molecule is Fc1cc(CCC(Br)C2CCCC2)ccc1Cl. The van der Waals surface area contributed by atoms with Crippen LogP contribution in [-0.4, -0.2) is 4.83 Å². The molecule has 1 atom stereocenters. The van der Waals surface area contributed by atoms with Crippen LogP contribution < -0.4 is 0 Å². The summed E-state index contributed by atoms with van der Waals surface area (Å²) in [5.41, 5.74) is 1.04. The molecular formula is C14H17BrClF. The topological polar surface area (TPSA) is 0 Å². The van der Waals surface area contributed by atoms with Gasteiger partial charge in [0.2, 0.25) is 0 Å². The fourth-order valence-electron chi connectivity index (χ4n) is 2.55. The molecule has 1 saturated carbocycles. The van der Waals surface area contributed by atoms with Gasteiger partial charge in [-0.3, -0.25) is 0 Å². The van der Waals surface area contributed by atoms with Crippen LogP contribution in [0.2, 0.25) is 5.02 Å². The third-order valence-electron chi connectivity index (χ3n) is 3.60. The Morgan fingerprint density at radius 1 is 1.35 bits per heavy atom. The second-order valence-electron chi connectivity index (χ2n) is 4.85. The third-order valence-corrected chi connectivity index (χ3v) is 5.12. The van der Waals surface area contributed by atoms with E-state index in [0.29, 0.717) is 4.83 Å². The molecule has 1 unspecified atom stereocenters.